The van der Waals surface area contributed by atoms with Crippen LogP contribution in [0.4, 0.5) is 0 Å². The molecule has 0 amide bonds. The molecule has 2 nitrogen and oxygen atoms in total. The third-order valence-electron chi connectivity index (χ3n) is 5.50. The SMILES string of the molecule is CCNC(C)C12CC3CC(CC(O)(C3)C1)C2. The van der Waals surface area contributed by atoms with Crippen molar-refractivity contribution in [3.05, 3.63) is 0 Å². The Morgan fingerprint density at radius 2 is 1.88 bits per heavy atom. The van der Waals surface area contributed by atoms with Crippen LogP contribution in [0.15, 0.2) is 0 Å². The molecule has 0 spiro atoms. The standard InChI is InChI=1S/C14H25NO/c1-3-15-10(2)13-5-11-4-12(6-13)8-14(16,7-11)9-13/h10-12,15-16H,3-9H2,1-2H3. The maximum Gasteiger partial charge on any atom is 0.0659 e. The van der Waals surface area contributed by atoms with E-state index in [1.807, 2.05) is 0 Å². The number of hydrogen-bond acceptors (Lipinski definition) is 2. The highest BCUT2D eigenvalue weighted by Gasteiger charge is 2.58. The van der Waals surface area contributed by atoms with Gasteiger partial charge in [0, 0.05) is 6.04 Å². The first-order chi connectivity index (χ1) is 7.55. The molecule has 0 saturated heterocycles. The average molecular weight is 223 g/mol. The molecule has 2 heteroatoms. The fraction of sp³-hybridized carbons (Fsp3) is 1.00. The van der Waals surface area contributed by atoms with Crippen molar-refractivity contribution in [2.24, 2.45) is 17.3 Å². The molecule has 4 aliphatic carbocycles. The predicted molar refractivity (Wildman–Crippen MR) is 65.2 cm³/mol. The molecular weight excluding hydrogens is 198 g/mol. The van der Waals surface area contributed by atoms with Crippen molar-refractivity contribution in [3.63, 3.8) is 0 Å². The molecule has 0 heterocycles. The molecular formula is C14H25NO. The first kappa shape index (κ1) is 11.0. The quantitative estimate of drug-likeness (QED) is 0.769. The van der Waals surface area contributed by atoms with Crippen LogP contribution in [0.1, 0.15) is 52.4 Å². The molecule has 2 N–H and O–H groups in total. The van der Waals surface area contributed by atoms with E-state index >= 15 is 0 Å². The third-order valence-corrected chi connectivity index (χ3v) is 5.50. The van der Waals surface area contributed by atoms with Gasteiger partial charge in [-0.25, -0.2) is 0 Å². The lowest BCUT2D eigenvalue weighted by molar-refractivity contribution is -0.171. The molecule has 4 saturated carbocycles. The van der Waals surface area contributed by atoms with Gasteiger partial charge in [-0.3, -0.25) is 0 Å². The van der Waals surface area contributed by atoms with Crippen LogP contribution in [0.5, 0.6) is 0 Å². The minimum Gasteiger partial charge on any atom is -0.390 e. The molecule has 0 radical (unpaired) electrons. The minimum atomic E-state index is -0.298. The van der Waals surface area contributed by atoms with Crippen molar-refractivity contribution >= 4 is 0 Å². The second-order valence-corrected chi connectivity index (χ2v) is 6.83. The van der Waals surface area contributed by atoms with Gasteiger partial charge in [-0.05, 0) is 69.2 Å². The van der Waals surface area contributed by atoms with Gasteiger partial charge in [-0.1, -0.05) is 6.92 Å². The number of rotatable bonds is 3. The normalized spacial score (nSPS) is 51.9. The predicted octanol–water partition coefficient (Wildman–Crippen LogP) is 2.32. The van der Waals surface area contributed by atoms with E-state index in [9.17, 15) is 5.11 Å². The zero-order chi connectivity index (χ0) is 11.4. The Kier molecular flexibility index (Phi) is 2.38. The summed E-state index contributed by atoms with van der Waals surface area (Å²) in [5.74, 6) is 1.62. The molecule has 92 valence electrons. The zero-order valence-corrected chi connectivity index (χ0v) is 10.6. The molecule has 4 aliphatic rings. The molecule has 0 aliphatic heterocycles. The van der Waals surface area contributed by atoms with Crippen LogP contribution < -0.4 is 5.32 Å². The van der Waals surface area contributed by atoms with Crippen molar-refractivity contribution in [1.29, 1.82) is 0 Å². The van der Waals surface area contributed by atoms with E-state index in [0.29, 0.717) is 11.5 Å². The van der Waals surface area contributed by atoms with Crippen LogP contribution in [0.3, 0.4) is 0 Å². The zero-order valence-electron chi connectivity index (χ0n) is 10.6. The summed E-state index contributed by atoms with van der Waals surface area (Å²) in [5, 5.41) is 14.3. The van der Waals surface area contributed by atoms with E-state index in [1.54, 1.807) is 0 Å². The molecule has 0 aromatic heterocycles. The Labute approximate surface area is 98.8 Å². The first-order valence-corrected chi connectivity index (χ1v) is 7.01. The summed E-state index contributed by atoms with van der Waals surface area (Å²) in [6.45, 7) is 5.57. The highest BCUT2D eigenvalue weighted by Crippen LogP contribution is 2.62. The third kappa shape index (κ3) is 1.53. The van der Waals surface area contributed by atoms with Gasteiger partial charge in [-0.15, -0.1) is 0 Å². The van der Waals surface area contributed by atoms with Gasteiger partial charge < -0.3 is 10.4 Å². The molecule has 0 aromatic rings. The molecule has 4 rings (SSSR count). The van der Waals surface area contributed by atoms with Crippen LogP contribution >= 0.6 is 0 Å². The van der Waals surface area contributed by atoms with E-state index in [1.165, 1.54) is 19.3 Å². The highest BCUT2D eigenvalue weighted by atomic mass is 16.3. The summed E-state index contributed by atoms with van der Waals surface area (Å²) in [4.78, 5) is 0. The van der Waals surface area contributed by atoms with Crippen molar-refractivity contribution in [2.45, 2.75) is 64.0 Å². The molecule has 3 unspecified atom stereocenters. The maximum atomic E-state index is 10.7. The second-order valence-electron chi connectivity index (χ2n) is 6.83. The van der Waals surface area contributed by atoms with Gasteiger partial charge in [0.05, 0.1) is 5.60 Å². The van der Waals surface area contributed by atoms with Gasteiger partial charge in [0.2, 0.25) is 0 Å². The molecule has 16 heavy (non-hydrogen) atoms. The Morgan fingerprint density at radius 3 is 2.38 bits per heavy atom. The van der Waals surface area contributed by atoms with Crippen molar-refractivity contribution in [2.75, 3.05) is 6.54 Å². The van der Waals surface area contributed by atoms with Crippen molar-refractivity contribution in [3.8, 4) is 0 Å². The van der Waals surface area contributed by atoms with E-state index < -0.39 is 0 Å². The average Bonchev–Trinajstić information content (AvgIpc) is 2.13. The summed E-state index contributed by atoms with van der Waals surface area (Å²) in [6.07, 6.45) is 7.35. The lowest BCUT2D eigenvalue weighted by atomic mass is 9.46. The smallest absolute Gasteiger partial charge is 0.0659 e. The number of hydrogen-bond donors (Lipinski definition) is 2. The van der Waals surface area contributed by atoms with Crippen LogP contribution in [0, 0.1) is 17.3 Å². The molecule has 4 bridgehead atoms. The Hall–Kier alpha value is -0.0800. The fourth-order valence-electron chi connectivity index (χ4n) is 5.31. The van der Waals surface area contributed by atoms with E-state index in [4.69, 9.17) is 0 Å². The van der Waals surface area contributed by atoms with Crippen molar-refractivity contribution in [1.82, 2.24) is 5.32 Å². The topological polar surface area (TPSA) is 32.3 Å². The van der Waals surface area contributed by atoms with E-state index in [2.05, 4.69) is 19.2 Å². The Morgan fingerprint density at radius 1 is 1.25 bits per heavy atom. The van der Waals surface area contributed by atoms with Crippen LogP contribution in [-0.4, -0.2) is 23.3 Å². The second kappa shape index (κ2) is 3.46. The Balaban J connectivity index is 1.86. The van der Waals surface area contributed by atoms with Crippen LogP contribution in [0.2, 0.25) is 0 Å². The van der Waals surface area contributed by atoms with Crippen molar-refractivity contribution < 1.29 is 5.11 Å². The minimum absolute atomic E-state index is 0.298. The summed E-state index contributed by atoms with van der Waals surface area (Å²) in [6, 6.07) is 0.579. The maximum absolute atomic E-state index is 10.7. The first-order valence-electron chi connectivity index (χ1n) is 7.01. The van der Waals surface area contributed by atoms with Gasteiger partial charge in [0.15, 0.2) is 0 Å². The summed E-state index contributed by atoms with van der Waals surface area (Å²) >= 11 is 0. The fourth-order valence-corrected chi connectivity index (χ4v) is 5.31. The summed E-state index contributed by atoms with van der Waals surface area (Å²) < 4.78 is 0. The lowest BCUT2D eigenvalue weighted by Crippen LogP contribution is -2.61. The van der Waals surface area contributed by atoms with Gasteiger partial charge in [0.25, 0.3) is 0 Å². The number of nitrogens with one attached hydrogen (secondary N) is 1. The summed E-state index contributed by atoms with van der Waals surface area (Å²) in [5.41, 5.74) is 0.114. The molecule has 0 aromatic carbocycles. The summed E-state index contributed by atoms with van der Waals surface area (Å²) in [7, 11) is 0. The largest absolute Gasteiger partial charge is 0.390 e. The number of aliphatic hydroxyl groups is 1. The van der Waals surface area contributed by atoms with E-state index in [-0.39, 0.29) is 5.60 Å². The molecule has 4 fully saturated rings. The van der Waals surface area contributed by atoms with Gasteiger partial charge >= 0.3 is 0 Å². The molecule has 3 atom stereocenters. The van der Waals surface area contributed by atoms with Gasteiger partial charge in [-0.2, -0.15) is 0 Å². The van der Waals surface area contributed by atoms with Crippen LogP contribution in [0.25, 0.3) is 0 Å². The monoisotopic (exact) mass is 223 g/mol. The lowest BCUT2D eigenvalue weighted by Gasteiger charge is -2.62. The van der Waals surface area contributed by atoms with Gasteiger partial charge in [0.1, 0.15) is 0 Å². The highest BCUT2D eigenvalue weighted by molar-refractivity contribution is 5.10. The van der Waals surface area contributed by atoms with Crippen LogP contribution in [-0.2, 0) is 0 Å². The van der Waals surface area contributed by atoms with E-state index in [0.717, 1.165) is 37.6 Å². The Bertz CT molecular complexity index is 274.